The van der Waals surface area contributed by atoms with Gasteiger partial charge < -0.3 is 19.9 Å². The van der Waals surface area contributed by atoms with Crippen molar-refractivity contribution < 1.29 is 32.5 Å². The number of carbonyl (C=O) groups is 1. The zero-order valence-corrected chi connectivity index (χ0v) is 16.0. The Morgan fingerprint density at radius 2 is 2.10 bits per heavy atom. The van der Waals surface area contributed by atoms with Gasteiger partial charge in [-0.2, -0.15) is 13.2 Å². The van der Waals surface area contributed by atoms with Gasteiger partial charge in [-0.15, -0.1) is 0 Å². The van der Waals surface area contributed by atoms with Crippen molar-refractivity contribution in [1.82, 2.24) is 9.97 Å². The first-order chi connectivity index (χ1) is 14.2. The van der Waals surface area contributed by atoms with E-state index in [1.165, 1.54) is 7.11 Å². The highest BCUT2D eigenvalue weighted by molar-refractivity contribution is 5.95. The molecule has 0 saturated carbocycles. The molecular weight excluding hydrogens is 403 g/mol. The smallest absolute Gasteiger partial charge is 0.416 e. The summed E-state index contributed by atoms with van der Waals surface area (Å²) in [4.78, 5) is 21.2. The van der Waals surface area contributed by atoms with Crippen LogP contribution in [0.3, 0.4) is 0 Å². The first kappa shape index (κ1) is 20.5. The van der Waals surface area contributed by atoms with E-state index in [4.69, 9.17) is 9.47 Å². The van der Waals surface area contributed by atoms with Crippen LogP contribution in [0, 0.1) is 5.41 Å². The summed E-state index contributed by atoms with van der Waals surface area (Å²) in [6, 6.07) is 5.07. The lowest BCUT2D eigenvalue weighted by Gasteiger charge is -2.35. The normalized spacial score (nSPS) is 27.8. The van der Waals surface area contributed by atoms with E-state index in [1.807, 2.05) is 0 Å². The fourth-order valence-corrected chi connectivity index (χ4v) is 4.22. The largest absolute Gasteiger partial charge is 0.481 e. The van der Waals surface area contributed by atoms with Gasteiger partial charge in [-0.1, -0.05) is 0 Å². The Morgan fingerprint density at radius 1 is 1.33 bits per heavy atom. The third kappa shape index (κ3) is 3.72. The lowest BCUT2D eigenvalue weighted by atomic mass is 9.68. The maximum absolute atomic E-state index is 13.3. The molecule has 4 atom stereocenters. The number of ether oxygens (including phenoxy) is 2. The monoisotopic (exact) mass is 423 g/mol. The summed E-state index contributed by atoms with van der Waals surface area (Å²) in [6.45, 7) is 0. The molecule has 2 aliphatic rings. The molecular formula is C20H20F3N3O4. The van der Waals surface area contributed by atoms with Crippen LogP contribution in [0.15, 0.2) is 36.7 Å². The molecule has 0 spiro atoms. The molecule has 0 unspecified atom stereocenters. The average Bonchev–Trinajstić information content (AvgIpc) is 3.25. The van der Waals surface area contributed by atoms with Crippen molar-refractivity contribution in [3.8, 4) is 5.88 Å². The minimum atomic E-state index is -4.55. The number of aromatic nitrogens is 2. The van der Waals surface area contributed by atoms with Crippen molar-refractivity contribution in [3.63, 3.8) is 0 Å². The Balaban J connectivity index is 1.63. The molecule has 2 aliphatic heterocycles. The minimum absolute atomic E-state index is 0.190. The molecule has 2 aromatic heterocycles. The minimum Gasteiger partial charge on any atom is -0.481 e. The number of halogens is 3. The number of amides is 1. The Hall–Kier alpha value is -2.72. The second-order valence-corrected chi connectivity index (χ2v) is 7.59. The molecule has 1 amide bonds. The van der Waals surface area contributed by atoms with E-state index >= 15 is 0 Å². The number of fused-ring (bicyclic) bond motifs is 2. The zero-order valence-electron chi connectivity index (χ0n) is 16.0. The zero-order chi connectivity index (χ0) is 21.5. The average molecular weight is 423 g/mol. The number of hydrogen-bond acceptors (Lipinski definition) is 6. The fraction of sp³-hybridized carbons (Fsp3) is 0.450. The molecule has 2 N–H and O–H groups in total. The molecule has 2 bridgehead atoms. The summed E-state index contributed by atoms with van der Waals surface area (Å²) < 4.78 is 49.9. The second kappa shape index (κ2) is 7.51. The van der Waals surface area contributed by atoms with Crippen LogP contribution in [-0.4, -0.2) is 46.4 Å². The molecule has 30 heavy (non-hydrogen) atoms. The molecule has 2 saturated heterocycles. The number of aliphatic hydroxyl groups excluding tert-OH is 1. The lowest BCUT2D eigenvalue weighted by molar-refractivity contribution is -0.137. The highest BCUT2D eigenvalue weighted by Gasteiger charge is 2.60. The Bertz CT molecular complexity index is 953. The molecule has 2 fully saturated rings. The predicted molar refractivity (Wildman–Crippen MR) is 98.7 cm³/mol. The van der Waals surface area contributed by atoms with E-state index in [-0.39, 0.29) is 25.1 Å². The number of nitrogens with zero attached hydrogens (tertiary/aromatic N) is 2. The summed E-state index contributed by atoms with van der Waals surface area (Å²) in [6.07, 6.45) is -2.96. The van der Waals surface area contributed by atoms with E-state index in [2.05, 4.69) is 15.3 Å². The van der Waals surface area contributed by atoms with Crippen LogP contribution >= 0.6 is 0 Å². The second-order valence-electron chi connectivity index (χ2n) is 7.59. The van der Waals surface area contributed by atoms with Crippen LogP contribution in [0.4, 0.5) is 19.0 Å². The van der Waals surface area contributed by atoms with Gasteiger partial charge in [0.25, 0.3) is 0 Å². The van der Waals surface area contributed by atoms with E-state index < -0.39 is 41.4 Å². The van der Waals surface area contributed by atoms with Crippen molar-refractivity contribution in [2.75, 3.05) is 12.4 Å². The summed E-state index contributed by atoms with van der Waals surface area (Å²) >= 11 is 0. The maximum Gasteiger partial charge on any atom is 0.416 e. The van der Waals surface area contributed by atoms with Gasteiger partial charge in [0.1, 0.15) is 5.82 Å². The topological polar surface area (TPSA) is 93.6 Å². The van der Waals surface area contributed by atoms with Crippen LogP contribution in [0.5, 0.6) is 5.88 Å². The molecule has 4 heterocycles. The number of rotatable bonds is 5. The van der Waals surface area contributed by atoms with Gasteiger partial charge >= 0.3 is 6.18 Å². The third-order valence-corrected chi connectivity index (χ3v) is 5.71. The number of pyridine rings is 2. The molecule has 0 aliphatic carbocycles. The van der Waals surface area contributed by atoms with Gasteiger partial charge in [0.05, 0.1) is 36.4 Å². The van der Waals surface area contributed by atoms with Crippen LogP contribution in [0.1, 0.15) is 24.0 Å². The number of carbonyl (C=O) groups excluding carboxylic acids is 1. The van der Waals surface area contributed by atoms with Crippen molar-refractivity contribution in [3.05, 3.63) is 47.8 Å². The summed E-state index contributed by atoms with van der Waals surface area (Å²) in [5, 5.41) is 12.6. The van der Waals surface area contributed by atoms with Crippen LogP contribution < -0.4 is 10.1 Å². The molecule has 160 valence electrons. The fourth-order valence-electron chi connectivity index (χ4n) is 4.22. The van der Waals surface area contributed by atoms with Crippen LogP contribution in [0.25, 0.3) is 0 Å². The van der Waals surface area contributed by atoms with Crippen LogP contribution in [0.2, 0.25) is 0 Å². The van der Waals surface area contributed by atoms with E-state index in [0.717, 1.165) is 23.9 Å². The molecule has 10 heteroatoms. The first-order valence-electron chi connectivity index (χ1n) is 9.38. The first-order valence-corrected chi connectivity index (χ1v) is 9.38. The lowest BCUT2D eigenvalue weighted by Crippen LogP contribution is -2.48. The van der Waals surface area contributed by atoms with Gasteiger partial charge in [-0.05, 0) is 36.6 Å². The quantitative estimate of drug-likeness (QED) is 0.768. The number of anilines is 1. The van der Waals surface area contributed by atoms with Gasteiger partial charge in [0.2, 0.25) is 11.8 Å². The third-order valence-electron chi connectivity index (χ3n) is 5.71. The highest BCUT2D eigenvalue weighted by Crippen LogP contribution is 2.50. The molecule has 0 aromatic carbocycles. The number of nitrogens with one attached hydrogen (secondary N) is 1. The molecule has 7 nitrogen and oxygen atoms in total. The summed E-state index contributed by atoms with van der Waals surface area (Å²) in [5.74, 6) is -0.305. The van der Waals surface area contributed by atoms with Gasteiger partial charge in [0, 0.05) is 24.9 Å². The number of methoxy groups -OCH3 is 1. The Morgan fingerprint density at radius 3 is 2.73 bits per heavy atom. The Labute approximate surface area is 170 Å². The van der Waals surface area contributed by atoms with Gasteiger partial charge in [-0.25, -0.2) is 9.97 Å². The standard InChI is InChI=1S/C20H20F3N3O4/c1-29-17-6-11(2-4-25-17)9-19(10-14-13(27)8-15(19)30-14)18(28)26-16-7-12(3-5-24-16)20(21,22)23/h2-7,13-15,27H,8-10H2,1H3,(H,24,26,28)/t13-,14+,15+,19-/m0/s1. The SMILES string of the molecule is COc1cc(C[C@]2(C(=O)Nc3cc(C(F)(F)F)ccn3)C[C@H]3O[C@@H]2C[C@@H]3O)ccn1. The summed E-state index contributed by atoms with van der Waals surface area (Å²) in [7, 11) is 1.48. The predicted octanol–water partition coefficient (Wildman–Crippen LogP) is 2.59. The molecule has 0 radical (unpaired) electrons. The number of alkyl halides is 3. The van der Waals surface area contributed by atoms with E-state index in [1.54, 1.807) is 18.3 Å². The van der Waals surface area contributed by atoms with Crippen molar-refractivity contribution in [2.24, 2.45) is 5.41 Å². The summed E-state index contributed by atoms with van der Waals surface area (Å²) in [5.41, 5.74) is -1.20. The van der Waals surface area contributed by atoms with Gasteiger partial charge in [-0.3, -0.25) is 4.79 Å². The van der Waals surface area contributed by atoms with Crippen molar-refractivity contribution >= 4 is 11.7 Å². The number of hydrogen-bond donors (Lipinski definition) is 2. The van der Waals surface area contributed by atoms with Gasteiger partial charge in [0.15, 0.2) is 0 Å². The highest BCUT2D eigenvalue weighted by atomic mass is 19.4. The van der Waals surface area contributed by atoms with Crippen molar-refractivity contribution in [2.45, 2.75) is 43.8 Å². The van der Waals surface area contributed by atoms with Crippen molar-refractivity contribution in [1.29, 1.82) is 0 Å². The molecule has 2 aromatic rings. The number of aliphatic hydroxyl groups is 1. The van der Waals surface area contributed by atoms with E-state index in [9.17, 15) is 23.1 Å². The maximum atomic E-state index is 13.3. The van der Waals surface area contributed by atoms with E-state index in [0.29, 0.717) is 5.88 Å². The Kier molecular flexibility index (Phi) is 5.15. The van der Waals surface area contributed by atoms with Crippen LogP contribution in [-0.2, 0) is 22.1 Å². The molecule has 4 rings (SSSR count).